The molecule has 0 aliphatic carbocycles. The lowest BCUT2D eigenvalue weighted by Crippen LogP contribution is -2.54. The number of aliphatic imine (C=N–C) groups is 2. The van der Waals surface area contributed by atoms with Crippen molar-refractivity contribution in [1.82, 2.24) is 20.4 Å². The van der Waals surface area contributed by atoms with Crippen molar-refractivity contribution in [3.63, 3.8) is 0 Å². The van der Waals surface area contributed by atoms with E-state index >= 15 is 0 Å². The van der Waals surface area contributed by atoms with Crippen molar-refractivity contribution >= 4 is 76.3 Å². The van der Waals surface area contributed by atoms with Crippen molar-refractivity contribution in [2.45, 2.75) is 70.1 Å². The van der Waals surface area contributed by atoms with E-state index in [1.54, 1.807) is 97.9 Å². The Hall–Kier alpha value is -9.20. The number of hydrogen-bond acceptors (Lipinski definition) is 15. The highest BCUT2D eigenvalue weighted by Crippen LogP contribution is 2.42. The Bertz CT molecular complexity index is 3110. The Morgan fingerprint density at radius 1 is 0.671 bits per heavy atom. The van der Waals surface area contributed by atoms with Crippen LogP contribution < -0.4 is 39.6 Å². The first-order valence-electron chi connectivity index (χ1n) is 25.7. The molecule has 0 fully saturated rings. The molecule has 0 radical (unpaired) electrons. The molecule has 4 atom stereocenters. The molecule has 0 unspecified atom stereocenters. The average Bonchev–Trinajstić information content (AvgIpc) is 4.21. The molecule has 4 aromatic carbocycles. The van der Waals surface area contributed by atoms with Gasteiger partial charge >= 0.3 is 12.1 Å². The van der Waals surface area contributed by atoms with Crippen LogP contribution in [-0.4, -0.2) is 130 Å². The van der Waals surface area contributed by atoms with Crippen LogP contribution in [-0.2, 0) is 23.9 Å². The Morgan fingerprint density at radius 2 is 1.19 bits per heavy atom. The van der Waals surface area contributed by atoms with Crippen molar-refractivity contribution in [2.75, 3.05) is 53.1 Å². The fourth-order valence-corrected chi connectivity index (χ4v) is 9.22. The number of amides is 5. The number of benzene rings is 4. The quantitative estimate of drug-likeness (QED) is 0.0340. The molecule has 3 N–H and O–H groups in total. The molecule has 4 aliphatic rings. The number of rotatable bonds is 24. The molecule has 0 saturated carbocycles. The lowest BCUT2D eigenvalue weighted by molar-refractivity contribution is -0.143. The molecule has 4 heterocycles. The number of nitrogens with one attached hydrogen (secondary N) is 3. The van der Waals surface area contributed by atoms with Crippen molar-refractivity contribution in [1.29, 1.82) is 0 Å². The van der Waals surface area contributed by atoms with Gasteiger partial charge in [-0.15, -0.1) is 0 Å². The van der Waals surface area contributed by atoms with Gasteiger partial charge in [0.1, 0.15) is 31.0 Å². The van der Waals surface area contributed by atoms with E-state index in [9.17, 15) is 28.8 Å². The number of nitrogens with zero attached hydrogens (tertiary/aromatic N) is 4. The van der Waals surface area contributed by atoms with Gasteiger partial charge in [-0.3, -0.25) is 34.0 Å². The van der Waals surface area contributed by atoms with Crippen molar-refractivity contribution in [2.24, 2.45) is 15.9 Å². The fourth-order valence-electron chi connectivity index (χ4n) is 9.22. The Kier molecular flexibility index (Phi) is 18.3. The van der Waals surface area contributed by atoms with Crippen molar-refractivity contribution in [3.8, 4) is 28.7 Å². The summed E-state index contributed by atoms with van der Waals surface area (Å²) in [6.45, 7) is 10.9. The summed E-state index contributed by atoms with van der Waals surface area (Å²) in [6.07, 6.45) is 10.4. The minimum Gasteiger partial charge on any atom is -0.497 e. The summed E-state index contributed by atoms with van der Waals surface area (Å²) in [5.74, 6) is -0.368. The van der Waals surface area contributed by atoms with Crippen LogP contribution in [0.15, 0.2) is 120 Å². The van der Waals surface area contributed by atoms with E-state index in [0.29, 0.717) is 70.4 Å². The summed E-state index contributed by atoms with van der Waals surface area (Å²) in [4.78, 5) is 92.7. The Labute approximate surface area is 457 Å². The topological polar surface area (TPSA) is 234 Å². The molecule has 4 aromatic rings. The lowest BCUT2D eigenvalue weighted by atomic mass is 10.0. The summed E-state index contributed by atoms with van der Waals surface area (Å²) < 4.78 is 39.0. The molecule has 0 spiro atoms. The van der Waals surface area contributed by atoms with Crippen LogP contribution in [0.25, 0.3) is 11.1 Å². The van der Waals surface area contributed by atoms with Gasteiger partial charge in [-0.2, -0.15) is 0 Å². The molecule has 0 bridgehead atoms. The largest absolute Gasteiger partial charge is 0.497 e. The molecule has 5 amide bonds. The zero-order chi connectivity index (χ0) is 56.2. The van der Waals surface area contributed by atoms with Gasteiger partial charge in [0.05, 0.1) is 69.1 Å². The molecule has 20 heteroatoms. The minimum absolute atomic E-state index is 0.0127. The van der Waals surface area contributed by atoms with E-state index < -0.39 is 42.0 Å². The highest BCUT2D eigenvalue weighted by Gasteiger charge is 2.36. The maximum atomic E-state index is 14.2. The number of fused-ring (bicyclic) bond motifs is 4. The van der Waals surface area contributed by atoms with E-state index in [4.69, 9.17) is 43.1 Å². The van der Waals surface area contributed by atoms with Crippen LogP contribution >= 0.6 is 0 Å². The van der Waals surface area contributed by atoms with Gasteiger partial charge in [0.25, 0.3) is 11.8 Å². The van der Waals surface area contributed by atoms with Gasteiger partial charge in [-0.05, 0) is 71.0 Å². The monoisotopic (exact) mass is 1080 g/mol. The van der Waals surface area contributed by atoms with E-state index in [1.165, 1.54) is 26.4 Å². The Balaban J connectivity index is 0.866. The number of esters is 1. The smallest absolute Gasteiger partial charge is 0.408 e. The summed E-state index contributed by atoms with van der Waals surface area (Å²) in [7, 11) is 4.63. The maximum Gasteiger partial charge on any atom is 0.408 e. The van der Waals surface area contributed by atoms with Crippen LogP contribution in [0.4, 0.5) is 21.9 Å². The van der Waals surface area contributed by atoms with Gasteiger partial charge in [0.15, 0.2) is 23.0 Å². The van der Waals surface area contributed by atoms with E-state index in [0.717, 1.165) is 28.0 Å². The summed E-state index contributed by atoms with van der Waals surface area (Å²) >= 11 is 0. The Morgan fingerprint density at radius 3 is 1.68 bits per heavy atom. The molecular weight excluding hydrogens is 1010 g/mol. The van der Waals surface area contributed by atoms with Gasteiger partial charge in [-0.1, -0.05) is 63.4 Å². The first-order valence-corrected chi connectivity index (χ1v) is 25.7. The molecule has 412 valence electrons. The van der Waals surface area contributed by atoms with Crippen LogP contribution in [0, 0.1) is 5.92 Å². The van der Waals surface area contributed by atoms with Crippen LogP contribution in [0.3, 0.4) is 0 Å². The predicted octanol–water partition coefficient (Wildman–Crippen LogP) is 8.37. The number of methoxy groups -OCH3 is 3. The third-order valence-electron chi connectivity index (χ3n) is 13.4. The predicted molar refractivity (Wildman–Crippen MR) is 297 cm³/mol. The molecule has 20 nitrogen and oxygen atoms in total. The van der Waals surface area contributed by atoms with E-state index in [-0.39, 0.29) is 63.0 Å². The van der Waals surface area contributed by atoms with Crippen LogP contribution in [0.5, 0.6) is 28.7 Å². The zero-order valence-electron chi connectivity index (χ0n) is 44.7. The fraction of sp³-hybridized carbons (Fsp3) is 0.322. The van der Waals surface area contributed by atoms with E-state index in [1.807, 2.05) is 30.5 Å². The van der Waals surface area contributed by atoms with Crippen molar-refractivity contribution < 1.29 is 61.9 Å². The molecule has 8 rings (SSSR count). The second-order valence-electron chi connectivity index (χ2n) is 19.0. The molecule has 0 saturated heterocycles. The molecule has 0 aromatic heterocycles. The SMILES string of the molecule is C=CCOC(=O)CC[C@H](NC(=O)[C@@H](NC(=O)OCC=C)C(C)C)C(=O)Nc1ccc(C2=CN3C(=O)c4cc(OC)c(OCCCOc5cc6c(cc5OC)C(=O)N5C=C(c7ccc(OC)cc7)C[C@H]5C=N6)cc4N=C[C@@H]3C2)cc1. The third kappa shape index (κ3) is 13.3. The van der Waals surface area contributed by atoms with Gasteiger partial charge < -0.3 is 58.9 Å². The van der Waals surface area contributed by atoms with Gasteiger partial charge in [-0.25, -0.2) is 4.79 Å². The number of carbonyl (C=O) groups is 6. The standard InChI is InChI=1S/C59H63N7O13/c1-8-21-78-53(67)20-19-46(63-56(69)54(35(3)4)64-59(72)79-22-9-2)55(68)62-40-15-11-36(12-16-40)38-25-41-31-60-47-29-51(49(74-6)27-44(47)57(70)65(41)33-38)76-23-10-24-77-52-30-48-45(28-50(52)75-7)58(71)66-34-39(26-42(66)32-61-48)37-13-17-43(73-5)18-14-37/h8-9,11-18,27-35,41-42,46,54H,1-2,10,19-26H2,3-7H3,(H,62,68)(H,63,69)(H,64,72)/t41-,42-,46-,54-/m0/s1. The van der Waals surface area contributed by atoms with Crippen molar-refractivity contribution in [3.05, 3.63) is 133 Å². The third-order valence-corrected chi connectivity index (χ3v) is 13.4. The molecule has 4 aliphatic heterocycles. The normalized spacial score (nSPS) is 16.5. The summed E-state index contributed by atoms with van der Waals surface area (Å²) in [5.41, 5.74) is 5.70. The average molecular weight is 1080 g/mol. The lowest BCUT2D eigenvalue weighted by Gasteiger charge is -2.25. The maximum absolute atomic E-state index is 14.2. The van der Waals surface area contributed by atoms with Crippen LogP contribution in [0.2, 0.25) is 0 Å². The minimum atomic E-state index is -1.19. The molecular formula is C59H63N7O13. The number of hydrogen-bond donors (Lipinski definition) is 3. The molecule has 79 heavy (non-hydrogen) atoms. The second kappa shape index (κ2) is 25.8. The number of anilines is 1. The van der Waals surface area contributed by atoms with Crippen LogP contribution in [0.1, 0.15) is 77.8 Å². The van der Waals surface area contributed by atoms with E-state index in [2.05, 4.69) is 29.1 Å². The highest BCUT2D eigenvalue weighted by molar-refractivity contribution is 6.07. The number of carbonyl (C=O) groups excluding carboxylic acids is 6. The summed E-state index contributed by atoms with van der Waals surface area (Å²) in [6, 6.07) is 18.5. The number of ether oxygens (including phenoxy) is 7. The first kappa shape index (κ1) is 56.0. The highest BCUT2D eigenvalue weighted by atomic mass is 16.6. The first-order chi connectivity index (χ1) is 38.2. The van der Waals surface area contributed by atoms with Gasteiger partial charge in [0, 0.05) is 68.3 Å². The summed E-state index contributed by atoms with van der Waals surface area (Å²) in [5, 5.41) is 8.01. The second-order valence-corrected chi connectivity index (χ2v) is 19.0. The van der Waals surface area contributed by atoms with Gasteiger partial charge in [0.2, 0.25) is 11.8 Å². The zero-order valence-corrected chi connectivity index (χ0v) is 44.7. The number of alkyl carbamates (subject to hydrolysis) is 1.